The number of carboxylic acids is 1. The van der Waals surface area contributed by atoms with Crippen LogP contribution in [0.5, 0.6) is 0 Å². The van der Waals surface area contributed by atoms with Crippen LogP contribution in [-0.4, -0.2) is 47.4 Å². The van der Waals surface area contributed by atoms with Crippen molar-refractivity contribution in [3.8, 4) is 0 Å². The van der Waals surface area contributed by atoms with E-state index in [0.717, 1.165) is 24.8 Å². The molecule has 7 heteroatoms. The van der Waals surface area contributed by atoms with E-state index in [1.54, 1.807) is 6.08 Å². The van der Waals surface area contributed by atoms with Crippen LogP contribution >= 0.6 is 0 Å². The highest BCUT2D eigenvalue weighted by molar-refractivity contribution is 5.93. The van der Waals surface area contributed by atoms with Crippen LogP contribution in [0.4, 0.5) is 0 Å². The number of carbonyl (C=O) groups excluding carboxylic acids is 2. The Bertz CT molecular complexity index is 826. The van der Waals surface area contributed by atoms with Gasteiger partial charge in [0.15, 0.2) is 0 Å². The SMILES string of the molecule is C=C1CCC2C(C)(CCC(O)[C@@]2(C)COC(=O)CCC(=O)O)C1/C=C/C1=CCOC1=O. The van der Waals surface area contributed by atoms with Crippen molar-refractivity contribution in [1.29, 1.82) is 0 Å². The van der Waals surface area contributed by atoms with Crippen LogP contribution in [0.2, 0.25) is 0 Å². The molecule has 0 bridgehead atoms. The Morgan fingerprint density at radius 1 is 1.32 bits per heavy atom. The third-order valence-electron chi connectivity index (χ3n) is 7.52. The topological polar surface area (TPSA) is 110 Å². The Balaban J connectivity index is 1.80. The Morgan fingerprint density at radius 3 is 2.71 bits per heavy atom. The number of carboxylic acid groups (broad SMARTS) is 1. The fourth-order valence-corrected chi connectivity index (χ4v) is 5.70. The molecule has 0 amide bonds. The number of carbonyl (C=O) groups is 3. The molecule has 2 fully saturated rings. The molecule has 3 aliphatic rings. The summed E-state index contributed by atoms with van der Waals surface area (Å²) in [6.07, 6.45) is 7.49. The number of rotatable bonds is 7. The molecule has 0 spiro atoms. The number of aliphatic carboxylic acids is 1. The number of esters is 2. The zero-order valence-electron chi connectivity index (χ0n) is 18.3. The molecule has 0 saturated heterocycles. The maximum atomic E-state index is 12.0. The zero-order chi connectivity index (χ0) is 22.8. The number of hydrogen-bond donors (Lipinski definition) is 2. The molecule has 0 aromatic heterocycles. The van der Waals surface area contributed by atoms with Crippen LogP contribution in [0.3, 0.4) is 0 Å². The Labute approximate surface area is 182 Å². The van der Waals surface area contributed by atoms with E-state index in [0.29, 0.717) is 18.6 Å². The summed E-state index contributed by atoms with van der Waals surface area (Å²) in [5.41, 5.74) is 0.782. The van der Waals surface area contributed by atoms with Crippen LogP contribution in [0, 0.1) is 22.7 Å². The minimum absolute atomic E-state index is 0.0232. The lowest BCUT2D eigenvalue weighted by Gasteiger charge is -2.59. The number of aliphatic hydroxyl groups is 1. The smallest absolute Gasteiger partial charge is 0.338 e. The number of aliphatic hydroxyl groups excluding tert-OH is 1. The van der Waals surface area contributed by atoms with Gasteiger partial charge in [-0.25, -0.2) is 4.79 Å². The fourth-order valence-electron chi connectivity index (χ4n) is 5.70. The van der Waals surface area contributed by atoms with Crippen LogP contribution in [0.15, 0.2) is 36.0 Å². The summed E-state index contributed by atoms with van der Waals surface area (Å²) in [4.78, 5) is 34.5. The average Bonchev–Trinajstić information content (AvgIpc) is 3.12. The molecule has 1 heterocycles. The molecule has 0 radical (unpaired) electrons. The standard InChI is InChI=1S/C24H32O7/c1-15-4-7-18-23(2,17(15)6-5-16-11-13-30-22(16)29)12-10-19(25)24(18,3)14-31-21(28)9-8-20(26)27/h5-6,11,17-19,25H,1,4,7-10,12-14H2,2-3H3,(H,26,27)/b6-5+/t17?,18?,19?,23?,24-/m0/s1. The molecule has 170 valence electrons. The maximum Gasteiger partial charge on any atom is 0.338 e. The summed E-state index contributed by atoms with van der Waals surface area (Å²) in [6, 6.07) is 0. The number of cyclic esters (lactones) is 1. The first-order chi connectivity index (χ1) is 14.6. The molecule has 5 atom stereocenters. The molecule has 2 aliphatic carbocycles. The van der Waals surface area contributed by atoms with E-state index in [2.05, 4.69) is 13.5 Å². The van der Waals surface area contributed by atoms with Gasteiger partial charge in [0.25, 0.3) is 0 Å². The zero-order valence-corrected chi connectivity index (χ0v) is 18.3. The Kier molecular flexibility index (Phi) is 6.74. The second-order valence-electron chi connectivity index (χ2n) is 9.46. The lowest BCUT2D eigenvalue weighted by Crippen LogP contribution is -2.57. The number of hydrogen-bond acceptors (Lipinski definition) is 6. The van der Waals surface area contributed by atoms with E-state index >= 15 is 0 Å². The summed E-state index contributed by atoms with van der Waals surface area (Å²) >= 11 is 0. The van der Waals surface area contributed by atoms with Gasteiger partial charge in [0.1, 0.15) is 6.61 Å². The molecule has 2 saturated carbocycles. The predicted octanol–water partition coefficient (Wildman–Crippen LogP) is 3.18. The second kappa shape index (κ2) is 8.99. The largest absolute Gasteiger partial charge is 0.481 e. The normalized spacial score (nSPS) is 35.5. The summed E-state index contributed by atoms with van der Waals surface area (Å²) in [6.45, 7) is 8.77. The molecule has 0 aromatic rings. The van der Waals surface area contributed by atoms with E-state index in [1.165, 1.54) is 0 Å². The Hall–Kier alpha value is -2.41. The van der Waals surface area contributed by atoms with Crippen LogP contribution in [0.25, 0.3) is 0 Å². The van der Waals surface area contributed by atoms with Crippen LogP contribution in [-0.2, 0) is 23.9 Å². The third-order valence-corrected chi connectivity index (χ3v) is 7.52. The van der Waals surface area contributed by atoms with E-state index < -0.39 is 23.5 Å². The van der Waals surface area contributed by atoms with E-state index in [4.69, 9.17) is 14.6 Å². The van der Waals surface area contributed by atoms with Crippen molar-refractivity contribution in [2.75, 3.05) is 13.2 Å². The molecule has 2 N–H and O–H groups in total. The average molecular weight is 433 g/mol. The summed E-state index contributed by atoms with van der Waals surface area (Å²) in [5.74, 6) is -1.84. The van der Waals surface area contributed by atoms with Gasteiger partial charge in [-0.05, 0) is 43.1 Å². The fraction of sp³-hybridized carbons (Fsp3) is 0.625. The van der Waals surface area contributed by atoms with Crippen molar-refractivity contribution >= 4 is 17.9 Å². The number of ether oxygens (including phenoxy) is 2. The molecule has 1 aliphatic heterocycles. The van der Waals surface area contributed by atoms with Crippen molar-refractivity contribution in [2.24, 2.45) is 22.7 Å². The van der Waals surface area contributed by atoms with Gasteiger partial charge in [-0.2, -0.15) is 0 Å². The first kappa shape index (κ1) is 23.3. The van der Waals surface area contributed by atoms with Gasteiger partial charge in [-0.1, -0.05) is 38.2 Å². The van der Waals surface area contributed by atoms with Crippen molar-refractivity contribution < 1.29 is 34.1 Å². The van der Waals surface area contributed by atoms with Gasteiger partial charge in [0.05, 0.1) is 31.1 Å². The summed E-state index contributed by atoms with van der Waals surface area (Å²) in [7, 11) is 0. The molecular weight excluding hydrogens is 400 g/mol. The maximum absolute atomic E-state index is 12.0. The van der Waals surface area contributed by atoms with Crippen molar-refractivity contribution in [3.05, 3.63) is 36.0 Å². The lowest BCUT2D eigenvalue weighted by atomic mass is 9.46. The predicted molar refractivity (Wildman–Crippen MR) is 113 cm³/mol. The second-order valence-corrected chi connectivity index (χ2v) is 9.46. The number of fused-ring (bicyclic) bond motifs is 1. The van der Waals surface area contributed by atoms with Crippen LogP contribution in [0.1, 0.15) is 52.4 Å². The quantitative estimate of drug-likeness (QED) is 0.470. The van der Waals surface area contributed by atoms with E-state index in [1.807, 2.05) is 19.1 Å². The van der Waals surface area contributed by atoms with Gasteiger partial charge in [-0.15, -0.1) is 0 Å². The van der Waals surface area contributed by atoms with Gasteiger partial charge < -0.3 is 19.7 Å². The summed E-state index contributed by atoms with van der Waals surface area (Å²) < 4.78 is 10.4. The van der Waals surface area contributed by atoms with Crippen molar-refractivity contribution in [1.82, 2.24) is 0 Å². The van der Waals surface area contributed by atoms with Gasteiger partial charge in [0, 0.05) is 11.3 Å². The monoisotopic (exact) mass is 432 g/mol. The number of allylic oxidation sites excluding steroid dienone is 2. The molecule has 31 heavy (non-hydrogen) atoms. The molecule has 0 aromatic carbocycles. The van der Waals surface area contributed by atoms with E-state index in [-0.39, 0.29) is 42.7 Å². The van der Waals surface area contributed by atoms with Crippen molar-refractivity contribution in [3.63, 3.8) is 0 Å². The first-order valence-electron chi connectivity index (χ1n) is 10.9. The highest BCUT2D eigenvalue weighted by Crippen LogP contribution is 2.61. The first-order valence-corrected chi connectivity index (χ1v) is 10.9. The molecule has 7 nitrogen and oxygen atoms in total. The van der Waals surface area contributed by atoms with Gasteiger partial charge in [-0.3, -0.25) is 9.59 Å². The minimum atomic E-state index is -1.05. The van der Waals surface area contributed by atoms with Gasteiger partial charge in [0.2, 0.25) is 0 Å². The molecule has 4 unspecified atom stereocenters. The highest BCUT2D eigenvalue weighted by Gasteiger charge is 2.57. The minimum Gasteiger partial charge on any atom is -0.481 e. The van der Waals surface area contributed by atoms with E-state index in [9.17, 15) is 19.5 Å². The molecular formula is C24H32O7. The summed E-state index contributed by atoms with van der Waals surface area (Å²) in [5, 5.41) is 19.7. The van der Waals surface area contributed by atoms with Crippen LogP contribution < -0.4 is 0 Å². The Morgan fingerprint density at radius 2 is 2.06 bits per heavy atom. The lowest BCUT2D eigenvalue weighted by molar-refractivity contribution is -0.172. The van der Waals surface area contributed by atoms with Crippen molar-refractivity contribution in [2.45, 2.75) is 58.5 Å². The highest BCUT2D eigenvalue weighted by atomic mass is 16.5. The third kappa shape index (κ3) is 4.61. The molecule has 3 rings (SSSR count). The van der Waals surface area contributed by atoms with Gasteiger partial charge >= 0.3 is 17.9 Å².